The van der Waals surface area contributed by atoms with Gasteiger partial charge in [-0.2, -0.15) is 13.2 Å². The number of alkyl halides is 3. The van der Waals surface area contributed by atoms with Crippen LogP contribution in [0.5, 0.6) is 0 Å². The van der Waals surface area contributed by atoms with Gasteiger partial charge in [0.1, 0.15) is 5.82 Å². The third-order valence-corrected chi connectivity index (χ3v) is 3.78. The maximum atomic E-state index is 13.4. The molecule has 0 bridgehead atoms. The molecule has 21 heavy (non-hydrogen) atoms. The van der Waals surface area contributed by atoms with Gasteiger partial charge in [0.15, 0.2) is 5.78 Å². The van der Waals surface area contributed by atoms with Crippen LogP contribution in [0.15, 0.2) is 53.4 Å². The van der Waals surface area contributed by atoms with Crippen LogP contribution in [0.2, 0.25) is 0 Å². The highest BCUT2D eigenvalue weighted by molar-refractivity contribution is 8.00. The number of hydrogen-bond acceptors (Lipinski definition) is 2. The van der Waals surface area contributed by atoms with Gasteiger partial charge in [-0.05, 0) is 24.3 Å². The molecule has 0 saturated heterocycles. The summed E-state index contributed by atoms with van der Waals surface area (Å²) in [6.45, 7) is 0. The standard InChI is InChI=1S/C15H10F4OS/c16-12-3-1-2-4-14(12)21-9-13(20)10-5-7-11(8-6-10)15(17,18)19/h1-8H,9H2. The van der Waals surface area contributed by atoms with Gasteiger partial charge in [-0.3, -0.25) is 4.79 Å². The first-order valence-corrected chi connectivity index (χ1v) is 6.94. The van der Waals surface area contributed by atoms with Crippen molar-refractivity contribution in [3.63, 3.8) is 0 Å². The summed E-state index contributed by atoms with van der Waals surface area (Å²) in [7, 11) is 0. The summed E-state index contributed by atoms with van der Waals surface area (Å²) in [5, 5.41) is 0. The van der Waals surface area contributed by atoms with Crippen LogP contribution < -0.4 is 0 Å². The average molecular weight is 314 g/mol. The fourth-order valence-corrected chi connectivity index (χ4v) is 2.47. The summed E-state index contributed by atoms with van der Waals surface area (Å²) in [6, 6.07) is 10.00. The van der Waals surface area contributed by atoms with E-state index in [1.807, 2.05) is 0 Å². The summed E-state index contributed by atoms with van der Waals surface area (Å²) < 4.78 is 50.6. The molecular formula is C15H10F4OS. The van der Waals surface area contributed by atoms with Gasteiger partial charge in [0.25, 0.3) is 0 Å². The SMILES string of the molecule is O=C(CSc1ccccc1F)c1ccc(C(F)(F)F)cc1. The maximum absolute atomic E-state index is 13.4. The molecule has 6 heteroatoms. The minimum atomic E-state index is -4.43. The zero-order valence-electron chi connectivity index (χ0n) is 10.7. The molecule has 1 nitrogen and oxygen atoms in total. The Morgan fingerprint density at radius 3 is 2.19 bits per heavy atom. The molecule has 0 N–H and O–H groups in total. The van der Waals surface area contributed by atoms with Gasteiger partial charge in [-0.1, -0.05) is 24.3 Å². The highest BCUT2D eigenvalue weighted by atomic mass is 32.2. The van der Waals surface area contributed by atoms with Crippen LogP contribution in [0.4, 0.5) is 17.6 Å². The molecule has 0 unspecified atom stereocenters. The first-order valence-electron chi connectivity index (χ1n) is 5.96. The zero-order valence-corrected chi connectivity index (χ0v) is 11.5. The lowest BCUT2D eigenvalue weighted by Gasteiger charge is -2.07. The number of Topliss-reactive ketones (excluding diaryl/α,β-unsaturated/α-hetero) is 1. The van der Waals surface area contributed by atoms with E-state index in [-0.39, 0.29) is 17.1 Å². The Balaban J connectivity index is 2.03. The molecule has 2 aromatic carbocycles. The molecule has 0 aliphatic rings. The van der Waals surface area contributed by atoms with Crippen molar-refractivity contribution in [3.8, 4) is 0 Å². The largest absolute Gasteiger partial charge is 0.416 e. The van der Waals surface area contributed by atoms with E-state index >= 15 is 0 Å². The van der Waals surface area contributed by atoms with Gasteiger partial charge in [0.05, 0.1) is 11.3 Å². The van der Waals surface area contributed by atoms with E-state index in [1.54, 1.807) is 12.1 Å². The van der Waals surface area contributed by atoms with E-state index in [0.717, 1.165) is 36.0 Å². The maximum Gasteiger partial charge on any atom is 0.416 e. The zero-order chi connectivity index (χ0) is 15.5. The normalized spacial score (nSPS) is 11.4. The number of thioether (sulfide) groups is 1. The monoisotopic (exact) mass is 314 g/mol. The van der Waals surface area contributed by atoms with Crippen molar-refractivity contribution < 1.29 is 22.4 Å². The smallest absolute Gasteiger partial charge is 0.293 e. The lowest BCUT2D eigenvalue weighted by Crippen LogP contribution is -2.07. The fraction of sp³-hybridized carbons (Fsp3) is 0.133. The number of hydrogen-bond donors (Lipinski definition) is 0. The van der Waals surface area contributed by atoms with Crippen molar-refractivity contribution in [3.05, 3.63) is 65.5 Å². The minimum Gasteiger partial charge on any atom is -0.293 e. The summed E-state index contributed by atoms with van der Waals surface area (Å²) in [5.74, 6) is -0.813. The molecule has 0 saturated carbocycles. The first kappa shape index (κ1) is 15.6. The van der Waals surface area contributed by atoms with Crippen molar-refractivity contribution in [2.24, 2.45) is 0 Å². The molecule has 2 rings (SSSR count). The van der Waals surface area contributed by atoms with E-state index in [2.05, 4.69) is 0 Å². The lowest BCUT2D eigenvalue weighted by atomic mass is 10.1. The molecule has 0 aliphatic carbocycles. The molecule has 110 valence electrons. The number of rotatable bonds is 4. The molecule has 2 aromatic rings. The highest BCUT2D eigenvalue weighted by Crippen LogP contribution is 2.29. The van der Waals surface area contributed by atoms with Gasteiger partial charge >= 0.3 is 6.18 Å². The molecule has 0 fully saturated rings. The van der Waals surface area contributed by atoms with E-state index in [1.165, 1.54) is 12.1 Å². The number of ketones is 1. The molecular weight excluding hydrogens is 304 g/mol. The first-order chi connectivity index (χ1) is 9.88. The molecule has 0 spiro atoms. The van der Waals surface area contributed by atoms with Gasteiger partial charge in [-0.25, -0.2) is 4.39 Å². The summed E-state index contributed by atoms with van der Waals surface area (Å²) in [5.41, 5.74) is -0.632. The Labute approximate surface area is 123 Å². The molecule has 0 atom stereocenters. The Kier molecular flexibility index (Phi) is 4.67. The van der Waals surface area contributed by atoms with Crippen molar-refractivity contribution in [2.45, 2.75) is 11.1 Å². The van der Waals surface area contributed by atoms with Crippen LogP contribution in [0.1, 0.15) is 15.9 Å². The third kappa shape index (κ3) is 4.07. The number of carbonyl (C=O) groups excluding carboxylic acids is 1. The summed E-state index contributed by atoms with van der Waals surface area (Å²) in [4.78, 5) is 12.2. The van der Waals surface area contributed by atoms with Gasteiger partial charge < -0.3 is 0 Å². The predicted octanol–water partition coefficient (Wildman–Crippen LogP) is 4.82. The molecule has 0 aliphatic heterocycles. The second kappa shape index (κ2) is 6.30. The van der Waals surface area contributed by atoms with Gasteiger partial charge in [-0.15, -0.1) is 11.8 Å². The topological polar surface area (TPSA) is 17.1 Å². The summed E-state index contributed by atoms with van der Waals surface area (Å²) in [6.07, 6.45) is -4.43. The lowest BCUT2D eigenvalue weighted by molar-refractivity contribution is -0.137. The van der Waals surface area contributed by atoms with Crippen molar-refractivity contribution in [1.29, 1.82) is 0 Å². The van der Waals surface area contributed by atoms with Crippen molar-refractivity contribution >= 4 is 17.5 Å². The second-order valence-corrected chi connectivity index (χ2v) is 5.23. The van der Waals surface area contributed by atoms with Crippen molar-refractivity contribution in [1.82, 2.24) is 0 Å². The van der Waals surface area contributed by atoms with Crippen molar-refractivity contribution in [2.75, 3.05) is 5.75 Å². The molecule has 0 aromatic heterocycles. The van der Waals surface area contributed by atoms with Gasteiger partial charge in [0, 0.05) is 10.5 Å². The van der Waals surface area contributed by atoms with Crippen LogP contribution in [-0.2, 0) is 6.18 Å². The Morgan fingerprint density at radius 1 is 1.00 bits per heavy atom. The second-order valence-electron chi connectivity index (χ2n) is 4.22. The minimum absolute atomic E-state index is 0.0354. The van der Waals surface area contributed by atoms with Crippen LogP contribution in [0, 0.1) is 5.82 Å². The van der Waals surface area contributed by atoms with Crippen LogP contribution >= 0.6 is 11.8 Å². The fourth-order valence-electron chi connectivity index (χ4n) is 1.63. The van der Waals surface area contributed by atoms with Crippen LogP contribution in [0.3, 0.4) is 0 Å². The summed E-state index contributed by atoms with van der Waals surface area (Å²) >= 11 is 1.01. The molecule has 0 heterocycles. The van der Waals surface area contributed by atoms with E-state index < -0.39 is 17.6 Å². The van der Waals surface area contributed by atoms with Crippen LogP contribution in [-0.4, -0.2) is 11.5 Å². The Bertz CT molecular complexity index is 635. The van der Waals surface area contributed by atoms with E-state index in [9.17, 15) is 22.4 Å². The van der Waals surface area contributed by atoms with Crippen LogP contribution in [0.25, 0.3) is 0 Å². The Hall–Kier alpha value is -1.82. The average Bonchev–Trinajstić information content (AvgIpc) is 2.45. The van der Waals surface area contributed by atoms with Gasteiger partial charge in [0.2, 0.25) is 0 Å². The Morgan fingerprint density at radius 2 is 1.62 bits per heavy atom. The predicted molar refractivity (Wildman–Crippen MR) is 72.9 cm³/mol. The third-order valence-electron chi connectivity index (χ3n) is 2.73. The quantitative estimate of drug-likeness (QED) is 0.457. The number of carbonyl (C=O) groups is 1. The highest BCUT2D eigenvalue weighted by Gasteiger charge is 2.30. The number of halogens is 4. The molecule has 0 amide bonds. The van der Waals surface area contributed by atoms with E-state index in [4.69, 9.17) is 0 Å². The molecule has 0 radical (unpaired) electrons. The number of benzene rings is 2. The van der Waals surface area contributed by atoms with E-state index in [0.29, 0.717) is 4.90 Å².